The molecule has 0 spiro atoms. The maximum Gasteiger partial charge on any atom is 0.119 e. The molecule has 0 bridgehead atoms. The van der Waals surface area contributed by atoms with Gasteiger partial charge in [0.2, 0.25) is 0 Å². The Labute approximate surface area is 105 Å². The van der Waals surface area contributed by atoms with Gasteiger partial charge in [0.1, 0.15) is 5.60 Å². The third-order valence-corrected chi connectivity index (χ3v) is 3.90. The number of benzene rings is 1. The van der Waals surface area contributed by atoms with E-state index in [2.05, 4.69) is 44.2 Å². The van der Waals surface area contributed by atoms with Crippen LogP contribution >= 0.6 is 0 Å². The van der Waals surface area contributed by atoms with Crippen molar-refractivity contribution in [3.63, 3.8) is 0 Å². The molecule has 0 saturated carbocycles. The van der Waals surface area contributed by atoms with Crippen LogP contribution in [0.15, 0.2) is 30.3 Å². The van der Waals surface area contributed by atoms with Gasteiger partial charge in [-0.2, -0.15) is 0 Å². The third kappa shape index (κ3) is 2.90. The van der Waals surface area contributed by atoms with Gasteiger partial charge in [-0.3, -0.25) is 0 Å². The van der Waals surface area contributed by atoms with E-state index in [1.165, 1.54) is 44.1 Å². The van der Waals surface area contributed by atoms with Crippen LogP contribution in [0.3, 0.4) is 0 Å². The van der Waals surface area contributed by atoms with E-state index < -0.39 is 0 Å². The largest absolute Gasteiger partial charge is 0.361 e. The fourth-order valence-electron chi connectivity index (χ4n) is 2.70. The van der Waals surface area contributed by atoms with E-state index >= 15 is 0 Å². The smallest absolute Gasteiger partial charge is 0.119 e. The number of ether oxygens (including phenoxy) is 1. The third-order valence-electron chi connectivity index (χ3n) is 3.90. The fraction of sp³-hybridized carbons (Fsp3) is 0.625. The van der Waals surface area contributed by atoms with Crippen LogP contribution in [-0.2, 0) is 10.3 Å². The van der Waals surface area contributed by atoms with Crippen LogP contribution in [-0.4, -0.2) is 6.10 Å². The molecule has 0 aromatic heterocycles. The van der Waals surface area contributed by atoms with Gasteiger partial charge in [-0.1, -0.05) is 69.4 Å². The molecule has 0 amide bonds. The van der Waals surface area contributed by atoms with Crippen molar-refractivity contribution < 1.29 is 4.74 Å². The molecule has 1 saturated heterocycles. The summed E-state index contributed by atoms with van der Waals surface area (Å²) in [5.74, 6) is 0. The second-order valence-corrected chi connectivity index (χ2v) is 5.18. The summed E-state index contributed by atoms with van der Waals surface area (Å²) in [4.78, 5) is 0. The first kappa shape index (κ1) is 12.6. The number of epoxide rings is 1. The molecule has 1 aromatic rings. The highest BCUT2D eigenvalue weighted by atomic mass is 16.6. The number of hydrogen-bond donors (Lipinski definition) is 0. The van der Waals surface area contributed by atoms with Crippen LogP contribution < -0.4 is 0 Å². The molecule has 1 aliphatic heterocycles. The Morgan fingerprint density at radius 1 is 1.06 bits per heavy atom. The second-order valence-electron chi connectivity index (χ2n) is 5.18. The topological polar surface area (TPSA) is 12.5 Å². The standard InChI is InChI=1S/C16H24O/c1-3-4-5-6-10-13-16(14(2)17-16)15-11-8-7-9-12-15/h7-9,11-12,14H,3-6,10,13H2,1-2H3. The summed E-state index contributed by atoms with van der Waals surface area (Å²) >= 11 is 0. The molecular weight excluding hydrogens is 208 g/mol. The lowest BCUT2D eigenvalue weighted by molar-refractivity contribution is 0.278. The highest BCUT2D eigenvalue weighted by molar-refractivity contribution is 5.28. The van der Waals surface area contributed by atoms with Crippen LogP contribution in [0, 0.1) is 0 Å². The molecule has 2 rings (SSSR count). The molecule has 17 heavy (non-hydrogen) atoms. The summed E-state index contributed by atoms with van der Waals surface area (Å²) in [6, 6.07) is 10.7. The van der Waals surface area contributed by atoms with Gasteiger partial charge in [-0.05, 0) is 18.9 Å². The quantitative estimate of drug-likeness (QED) is 0.492. The number of unbranched alkanes of at least 4 members (excludes halogenated alkanes) is 4. The maximum absolute atomic E-state index is 5.90. The zero-order valence-corrected chi connectivity index (χ0v) is 11.1. The minimum Gasteiger partial charge on any atom is -0.361 e. The van der Waals surface area contributed by atoms with Crippen molar-refractivity contribution in [1.82, 2.24) is 0 Å². The van der Waals surface area contributed by atoms with Gasteiger partial charge >= 0.3 is 0 Å². The molecule has 1 aliphatic rings. The molecule has 2 atom stereocenters. The first-order valence-electron chi connectivity index (χ1n) is 7.03. The summed E-state index contributed by atoms with van der Waals surface area (Å²) in [6.07, 6.45) is 8.27. The fourth-order valence-corrected chi connectivity index (χ4v) is 2.70. The number of rotatable bonds is 7. The molecule has 1 fully saturated rings. The molecule has 1 nitrogen and oxygen atoms in total. The van der Waals surface area contributed by atoms with E-state index in [1.807, 2.05) is 0 Å². The monoisotopic (exact) mass is 232 g/mol. The average molecular weight is 232 g/mol. The van der Waals surface area contributed by atoms with E-state index in [1.54, 1.807) is 0 Å². The first-order valence-corrected chi connectivity index (χ1v) is 7.03. The molecule has 1 aromatic carbocycles. The normalized spacial score (nSPS) is 27.1. The van der Waals surface area contributed by atoms with Crippen LogP contribution in [0.5, 0.6) is 0 Å². The Morgan fingerprint density at radius 2 is 1.71 bits per heavy atom. The van der Waals surface area contributed by atoms with Gasteiger partial charge < -0.3 is 4.74 Å². The second kappa shape index (κ2) is 5.68. The molecule has 1 heteroatoms. The van der Waals surface area contributed by atoms with Gasteiger partial charge in [0.25, 0.3) is 0 Å². The molecule has 2 unspecified atom stereocenters. The van der Waals surface area contributed by atoms with Crippen molar-refractivity contribution in [2.75, 3.05) is 0 Å². The van der Waals surface area contributed by atoms with Crippen molar-refractivity contribution >= 4 is 0 Å². The number of hydrogen-bond acceptors (Lipinski definition) is 1. The van der Waals surface area contributed by atoms with E-state index in [0.717, 1.165) is 0 Å². The van der Waals surface area contributed by atoms with Gasteiger partial charge in [-0.15, -0.1) is 0 Å². The van der Waals surface area contributed by atoms with Crippen LogP contribution in [0.2, 0.25) is 0 Å². The van der Waals surface area contributed by atoms with Crippen molar-refractivity contribution in [1.29, 1.82) is 0 Å². The van der Waals surface area contributed by atoms with E-state index in [4.69, 9.17) is 4.74 Å². The Balaban J connectivity index is 1.85. The Kier molecular flexibility index (Phi) is 4.22. The molecule has 94 valence electrons. The summed E-state index contributed by atoms with van der Waals surface area (Å²) in [6.45, 7) is 4.45. The van der Waals surface area contributed by atoms with Crippen molar-refractivity contribution in [3.05, 3.63) is 35.9 Å². The highest BCUT2D eigenvalue weighted by Crippen LogP contribution is 2.49. The van der Waals surface area contributed by atoms with Gasteiger partial charge in [0, 0.05) is 0 Å². The molecule has 0 aliphatic carbocycles. The predicted molar refractivity (Wildman–Crippen MR) is 72.0 cm³/mol. The van der Waals surface area contributed by atoms with E-state index in [9.17, 15) is 0 Å². The van der Waals surface area contributed by atoms with Crippen LogP contribution in [0.25, 0.3) is 0 Å². The molecule has 1 heterocycles. The summed E-state index contributed by atoms with van der Waals surface area (Å²) in [5, 5.41) is 0. The SMILES string of the molecule is CCCCCCCC1(c2ccccc2)OC1C. The van der Waals surface area contributed by atoms with Crippen molar-refractivity contribution in [3.8, 4) is 0 Å². The maximum atomic E-state index is 5.90. The summed E-state index contributed by atoms with van der Waals surface area (Å²) in [7, 11) is 0. The van der Waals surface area contributed by atoms with Crippen LogP contribution in [0.1, 0.15) is 57.9 Å². The van der Waals surface area contributed by atoms with Gasteiger partial charge in [0.15, 0.2) is 0 Å². The predicted octanol–water partition coefficient (Wildman–Crippen LogP) is 4.66. The Hall–Kier alpha value is -0.820. The molecular formula is C16H24O. The van der Waals surface area contributed by atoms with E-state index in [-0.39, 0.29) is 5.60 Å². The lowest BCUT2D eigenvalue weighted by Crippen LogP contribution is -2.11. The zero-order chi connectivity index (χ0) is 12.1. The average Bonchev–Trinajstić information content (AvgIpc) is 3.02. The summed E-state index contributed by atoms with van der Waals surface area (Å²) < 4.78 is 5.90. The summed E-state index contributed by atoms with van der Waals surface area (Å²) in [5.41, 5.74) is 1.41. The molecule has 0 N–H and O–H groups in total. The Morgan fingerprint density at radius 3 is 2.29 bits per heavy atom. The van der Waals surface area contributed by atoms with Crippen molar-refractivity contribution in [2.45, 2.75) is 64.1 Å². The van der Waals surface area contributed by atoms with Crippen molar-refractivity contribution in [2.24, 2.45) is 0 Å². The lowest BCUT2D eigenvalue weighted by Gasteiger charge is -2.12. The minimum atomic E-state index is 0.0491. The Bertz CT molecular complexity index is 333. The minimum absolute atomic E-state index is 0.0491. The lowest BCUT2D eigenvalue weighted by atomic mass is 9.90. The molecule has 0 radical (unpaired) electrons. The zero-order valence-electron chi connectivity index (χ0n) is 11.1. The van der Waals surface area contributed by atoms with Gasteiger partial charge in [-0.25, -0.2) is 0 Å². The van der Waals surface area contributed by atoms with E-state index in [0.29, 0.717) is 6.10 Å². The van der Waals surface area contributed by atoms with Gasteiger partial charge in [0.05, 0.1) is 6.10 Å². The first-order chi connectivity index (χ1) is 8.29. The highest BCUT2D eigenvalue weighted by Gasteiger charge is 2.53. The van der Waals surface area contributed by atoms with Crippen LogP contribution in [0.4, 0.5) is 0 Å².